The summed E-state index contributed by atoms with van der Waals surface area (Å²) in [5, 5.41) is 0. The second-order valence-electron chi connectivity index (χ2n) is 4.44. The third-order valence-electron chi connectivity index (χ3n) is 3.03. The van der Waals surface area contributed by atoms with Crippen molar-refractivity contribution in [3.63, 3.8) is 0 Å². The minimum atomic E-state index is 0.203. The highest BCUT2D eigenvalue weighted by molar-refractivity contribution is 5.62. The number of anilines is 1. The molecule has 0 spiro atoms. The summed E-state index contributed by atoms with van der Waals surface area (Å²) in [5.41, 5.74) is 7.57. The Kier molecular flexibility index (Phi) is 3.47. The molecule has 3 rings (SSSR count). The Morgan fingerprint density at radius 2 is 1.33 bits per heavy atom. The molecule has 0 bridgehead atoms. The van der Waals surface area contributed by atoms with Gasteiger partial charge in [0.05, 0.1) is 7.11 Å². The fraction of sp³-hybridized carbons (Fsp3) is 0.0625. The molecule has 0 atom stereocenters. The standard InChI is InChI=1S/C16H14N4O/c1-21-13-9-7-12(8-10-13)15-18-14(19-16(17)20-15)11-5-3-2-4-6-11/h2-10H,1H3,(H2,17,18,19,20). The lowest BCUT2D eigenvalue weighted by Crippen LogP contribution is -2.02. The van der Waals surface area contributed by atoms with E-state index in [0.29, 0.717) is 11.6 Å². The monoisotopic (exact) mass is 278 g/mol. The van der Waals surface area contributed by atoms with Crippen LogP contribution in [0.25, 0.3) is 22.8 Å². The maximum Gasteiger partial charge on any atom is 0.224 e. The molecule has 0 radical (unpaired) electrons. The van der Waals surface area contributed by atoms with Crippen molar-refractivity contribution in [3.05, 3.63) is 54.6 Å². The predicted octanol–water partition coefficient (Wildman–Crippen LogP) is 2.80. The highest BCUT2D eigenvalue weighted by Crippen LogP contribution is 2.22. The van der Waals surface area contributed by atoms with Crippen LogP contribution < -0.4 is 10.5 Å². The smallest absolute Gasteiger partial charge is 0.224 e. The molecule has 2 aromatic carbocycles. The van der Waals surface area contributed by atoms with Gasteiger partial charge in [0.2, 0.25) is 5.95 Å². The number of nitrogens with zero attached hydrogens (tertiary/aromatic N) is 3. The molecule has 2 N–H and O–H groups in total. The minimum absolute atomic E-state index is 0.203. The van der Waals surface area contributed by atoms with Gasteiger partial charge in [-0.05, 0) is 24.3 Å². The molecule has 0 saturated heterocycles. The van der Waals surface area contributed by atoms with Crippen LogP contribution in [0, 0.1) is 0 Å². The largest absolute Gasteiger partial charge is 0.497 e. The maximum atomic E-state index is 5.80. The first-order chi connectivity index (χ1) is 10.3. The number of nitrogen functional groups attached to an aromatic ring is 1. The van der Waals surface area contributed by atoms with Gasteiger partial charge in [-0.2, -0.15) is 9.97 Å². The Morgan fingerprint density at radius 3 is 1.90 bits per heavy atom. The number of nitrogens with two attached hydrogens (primary N) is 1. The molecule has 1 heterocycles. The van der Waals surface area contributed by atoms with Crippen LogP contribution in [0.3, 0.4) is 0 Å². The lowest BCUT2D eigenvalue weighted by Gasteiger charge is -2.06. The van der Waals surface area contributed by atoms with Gasteiger partial charge < -0.3 is 10.5 Å². The van der Waals surface area contributed by atoms with Crippen LogP contribution in [0.1, 0.15) is 0 Å². The summed E-state index contributed by atoms with van der Waals surface area (Å²) < 4.78 is 5.14. The van der Waals surface area contributed by atoms with Crippen molar-refractivity contribution in [1.29, 1.82) is 0 Å². The summed E-state index contributed by atoms with van der Waals surface area (Å²) in [4.78, 5) is 12.9. The molecule has 104 valence electrons. The van der Waals surface area contributed by atoms with E-state index in [4.69, 9.17) is 10.5 Å². The van der Waals surface area contributed by atoms with Crippen LogP contribution in [-0.4, -0.2) is 22.1 Å². The maximum absolute atomic E-state index is 5.80. The van der Waals surface area contributed by atoms with E-state index >= 15 is 0 Å². The zero-order chi connectivity index (χ0) is 14.7. The molecule has 5 heteroatoms. The van der Waals surface area contributed by atoms with Gasteiger partial charge >= 0.3 is 0 Å². The first kappa shape index (κ1) is 13.1. The molecule has 21 heavy (non-hydrogen) atoms. The van der Waals surface area contributed by atoms with Crippen LogP contribution in [-0.2, 0) is 0 Å². The van der Waals surface area contributed by atoms with E-state index in [0.717, 1.165) is 16.9 Å². The second-order valence-corrected chi connectivity index (χ2v) is 4.44. The average Bonchev–Trinajstić information content (AvgIpc) is 2.55. The summed E-state index contributed by atoms with van der Waals surface area (Å²) >= 11 is 0. The molecule has 0 amide bonds. The van der Waals surface area contributed by atoms with E-state index in [1.807, 2.05) is 54.6 Å². The Morgan fingerprint density at radius 1 is 0.762 bits per heavy atom. The number of ether oxygens (including phenoxy) is 1. The molecule has 0 saturated carbocycles. The molecule has 0 aliphatic carbocycles. The highest BCUT2D eigenvalue weighted by Gasteiger charge is 2.08. The zero-order valence-corrected chi connectivity index (χ0v) is 11.5. The first-order valence-electron chi connectivity index (χ1n) is 6.47. The minimum Gasteiger partial charge on any atom is -0.497 e. The van der Waals surface area contributed by atoms with Crippen LogP contribution in [0.15, 0.2) is 54.6 Å². The number of rotatable bonds is 3. The summed E-state index contributed by atoms with van der Waals surface area (Å²) in [5.74, 6) is 2.09. The fourth-order valence-electron chi connectivity index (χ4n) is 1.98. The van der Waals surface area contributed by atoms with Crippen molar-refractivity contribution >= 4 is 5.95 Å². The molecular formula is C16H14N4O. The Bertz CT molecular complexity index is 742. The topological polar surface area (TPSA) is 73.9 Å². The predicted molar refractivity (Wildman–Crippen MR) is 81.7 cm³/mol. The van der Waals surface area contributed by atoms with E-state index in [9.17, 15) is 0 Å². The zero-order valence-electron chi connectivity index (χ0n) is 11.5. The van der Waals surface area contributed by atoms with Gasteiger partial charge in [-0.3, -0.25) is 0 Å². The van der Waals surface area contributed by atoms with Crippen molar-refractivity contribution in [3.8, 4) is 28.5 Å². The quantitative estimate of drug-likeness (QED) is 0.797. The van der Waals surface area contributed by atoms with Gasteiger partial charge in [0.25, 0.3) is 0 Å². The highest BCUT2D eigenvalue weighted by atomic mass is 16.5. The van der Waals surface area contributed by atoms with Gasteiger partial charge in [-0.1, -0.05) is 30.3 Å². The molecule has 0 aliphatic rings. The molecule has 3 aromatic rings. The fourth-order valence-corrected chi connectivity index (χ4v) is 1.98. The van der Waals surface area contributed by atoms with Crippen LogP contribution in [0.4, 0.5) is 5.95 Å². The van der Waals surface area contributed by atoms with Gasteiger partial charge in [-0.25, -0.2) is 4.98 Å². The average molecular weight is 278 g/mol. The molecule has 1 aromatic heterocycles. The molecular weight excluding hydrogens is 264 g/mol. The number of hydrogen-bond donors (Lipinski definition) is 1. The normalized spacial score (nSPS) is 10.3. The lowest BCUT2D eigenvalue weighted by molar-refractivity contribution is 0.415. The summed E-state index contributed by atoms with van der Waals surface area (Å²) in [7, 11) is 1.63. The van der Waals surface area contributed by atoms with E-state index in [2.05, 4.69) is 15.0 Å². The van der Waals surface area contributed by atoms with Gasteiger partial charge in [-0.15, -0.1) is 0 Å². The van der Waals surface area contributed by atoms with E-state index in [1.54, 1.807) is 7.11 Å². The Balaban J connectivity index is 2.05. The van der Waals surface area contributed by atoms with Gasteiger partial charge in [0, 0.05) is 11.1 Å². The summed E-state index contributed by atoms with van der Waals surface area (Å²) in [6.45, 7) is 0. The Hall–Kier alpha value is -2.95. The number of benzene rings is 2. The Labute approximate surface area is 122 Å². The van der Waals surface area contributed by atoms with Gasteiger partial charge in [0.1, 0.15) is 5.75 Å². The van der Waals surface area contributed by atoms with Crippen molar-refractivity contribution in [2.45, 2.75) is 0 Å². The van der Waals surface area contributed by atoms with E-state index in [-0.39, 0.29) is 5.95 Å². The molecule has 0 unspecified atom stereocenters. The number of aromatic nitrogens is 3. The van der Waals surface area contributed by atoms with Crippen LogP contribution in [0.5, 0.6) is 5.75 Å². The SMILES string of the molecule is COc1ccc(-c2nc(N)nc(-c3ccccc3)n2)cc1. The van der Waals surface area contributed by atoms with Crippen molar-refractivity contribution < 1.29 is 4.74 Å². The third-order valence-corrected chi connectivity index (χ3v) is 3.03. The van der Waals surface area contributed by atoms with E-state index < -0.39 is 0 Å². The number of methoxy groups -OCH3 is 1. The first-order valence-corrected chi connectivity index (χ1v) is 6.47. The van der Waals surface area contributed by atoms with Crippen molar-refractivity contribution in [2.75, 3.05) is 12.8 Å². The summed E-state index contributed by atoms with van der Waals surface area (Å²) in [6.07, 6.45) is 0. The second kappa shape index (κ2) is 5.58. The number of hydrogen-bond acceptors (Lipinski definition) is 5. The van der Waals surface area contributed by atoms with Crippen LogP contribution >= 0.6 is 0 Å². The van der Waals surface area contributed by atoms with E-state index in [1.165, 1.54) is 0 Å². The summed E-state index contributed by atoms with van der Waals surface area (Å²) in [6, 6.07) is 17.2. The van der Waals surface area contributed by atoms with Crippen LogP contribution in [0.2, 0.25) is 0 Å². The molecule has 0 aliphatic heterocycles. The molecule has 0 fully saturated rings. The van der Waals surface area contributed by atoms with Crippen molar-refractivity contribution in [1.82, 2.24) is 15.0 Å². The van der Waals surface area contributed by atoms with Gasteiger partial charge in [0.15, 0.2) is 11.6 Å². The van der Waals surface area contributed by atoms with Crippen molar-refractivity contribution in [2.24, 2.45) is 0 Å². The lowest BCUT2D eigenvalue weighted by atomic mass is 10.2. The molecule has 5 nitrogen and oxygen atoms in total. The third kappa shape index (κ3) is 2.81.